The van der Waals surface area contributed by atoms with Gasteiger partial charge in [0.25, 0.3) is 0 Å². The minimum atomic E-state index is -3.48. The number of piperidine rings is 2. The van der Waals surface area contributed by atoms with Gasteiger partial charge in [-0.3, -0.25) is 4.79 Å². The van der Waals surface area contributed by atoms with Gasteiger partial charge in [-0.1, -0.05) is 36.8 Å². The molecule has 1 aromatic heterocycles. The van der Waals surface area contributed by atoms with Crippen molar-refractivity contribution >= 4 is 32.7 Å². The molecule has 0 spiro atoms. The first-order chi connectivity index (χ1) is 17.0. The van der Waals surface area contributed by atoms with Crippen molar-refractivity contribution in [2.75, 3.05) is 31.1 Å². The first-order valence-electron chi connectivity index (χ1n) is 12.5. The van der Waals surface area contributed by atoms with Crippen LogP contribution < -0.4 is 10.2 Å². The van der Waals surface area contributed by atoms with E-state index in [-0.39, 0.29) is 11.8 Å². The summed E-state index contributed by atoms with van der Waals surface area (Å²) in [6.45, 7) is 3.19. The van der Waals surface area contributed by atoms with Gasteiger partial charge in [0.15, 0.2) is 0 Å². The van der Waals surface area contributed by atoms with Crippen molar-refractivity contribution in [2.24, 2.45) is 5.92 Å². The molecule has 5 rings (SSSR count). The molecule has 3 aromatic rings. The summed E-state index contributed by atoms with van der Waals surface area (Å²) in [5.74, 6) is 0.818. The van der Waals surface area contributed by atoms with Gasteiger partial charge in [0.2, 0.25) is 15.9 Å². The molecule has 2 saturated heterocycles. The molecule has 35 heavy (non-hydrogen) atoms. The standard InChI is InChI=1S/C27H32N4O3S/c32-27(28-19-21-8-3-1-4-9-21)23-10-7-15-30(20-23)26-14-11-22-18-24(12-13-25(22)29-26)35(33,34)31-16-5-2-6-17-31/h1,3-4,8-9,11-14,18,23H,2,5-7,10,15-17,19-20H2,(H,28,32). The molecule has 2 fully saturated rings. The monoisotopic (exact) mass is 492 g/mol. The largest absolute Gasteiger partial charge is 0.356 e. The number of pyridine rings is 1. The highest BCUT2D eigenvalue weighted by Crippen LogP contribution is 2.27. The number of aromatic nitrogens is 1. The molecular weight excluding hydrogens is 460 g/mol. The van der Waals surface area contributed by atoms with Crippen molar-refractivity contribution in [1.82, 2.24) is 14.6 Å². The Bertz CT molecular complexity index is 1290. The minimum Gasteiger partial charge on any atom is -0.356 e. The highest BCUT2D eigenvalue weighted by atomic mass is 32.2. The van der Waals surface area contributed by atoms with Crippen molar-refractivity contribution in [3.8, 4) is 0 Å². The second-order valence-corrected chi connectivity index (χ2v) is 11.4. The number of benzene rings is 2. The van der Waals surface area contributed by atoms with Crippen LogP contribution in [0.5, 0.6) is 0 Å². The molecule has 8 heteroatoms. The van der Waals surface area contributed by atoms with Gasteiger partial charge < -0.3 is 10.2 Å². The van der Waals surface area contributed by atoms with Crippen molar-refractivity contribution in [3.05, 3.63) is 66.2 Å². The van der Waals surface area contributed by atoms with E-state index in [1.54, 1.807) is 22.5 Å². The van der Waals surface area contributed by atoms with E-state index < -0.39 is 10.0 Å². The zero-order chi connectivity index (χ0) is 24.3. The molecule has 0 saturated carbocycles. The van der Waals surface area contributed by atoms with Crippen molar-refractivity contribution in [1.29, 1.82) is 0 Å². The predicted molar refractivity (Wildman–Crippen MR) is 138 cm³/mol. The van der Waals surface area contributed by atoms with Crippen LogP contribution >= 0.6 is 0 Å². The lowest BCUT2D eigenvalue weighted by Gasteiger charge is -2.33. The molecule has 7 nitrogen and oxygen atoms in total. The summed E-state index contributed by atoms with van der Waals surface area (Å²) in [6, 6.07) is 19.0. The maximum Gasteiger partial charge on any atom is 0.243 e. The second kappa shape index (κ2) is 10.3. The van der Waals surface area contributed by atoms with Gasteiger partial charge in [-0.25, -0.2) is 13.4 Å². The molecule has 0 aliphatic carbocycles. The summed E-state index contributed by atoms with van der Waals surface area (Å²) in [7, 11) is -3.48. The van der Waals surface area contributed by atoms with Gasteiger partial charge in [0.1, 0.15) is 5.82 Å². The van der Waals surface area contributed by atoms with E-state index in [1.165, 1.54) is 0 Å². The predicted octanol–water partition coefficient (Wildman–Crippen LogP) is 3.94. The van der Waals surface area contributed by atoms with Crippen molar-refractivity contribution < 1.29 is 13.2 Å². The SMILES string of the molecule is O=C(NCc1ccccc1)C1CCCN(c2ccc3cc(S(=O)(=O)N4CCCCC4)ccc3n2)C1. The van der Waals surface area contributed by atoms with Gasteiger partial charge in [-0.2, -0.15) is 4.31 Å². The Balaban J connectivity index is 1.28. The fourth-order valence-electron chi connectivity index (χ4n) is 5.01. The quantitative estimate of drug-likeness (QED) is 0.564. The van der Waals surface area contributed by atoms with Crippen LogP contribution in [0.2, 0.25) is 0 Å². The van der Waals surface area contributed by atoms with Gasteiger partial charge in [-0.05, 0) is 61.6 Å². The molecule has 1 N–H and O–H groups in total. The number of carbonyl (C=O) groups excluding carboxylic acids is 1. The van der Waals surface area contributed by atoms with E-state index in [1.807, 2.05) is 42.5 Å². The Hall–Kier alpha value is -2.97. The Morgan fingerprint density at radius 3 is 2.54 bits per heavy atom. The number of anilines is 1. The van der Waals surface area contributed by atoms with E-state index >= 15 is 0 Å². The maximum absolute atomic E-state index is 13.0. The fourth-order valence-corrected chi connectivity index (χ4v) is 6.57. The van der Waals surface area contributed by atoms with E-state index in [2.05, 4.69) is 10.2 Å². The van der Waals surface area contributed by atoms with Gasteiger partial charge >= 0.3 is 0 Å². The molecule has 1 atom stereocenters. The number of sulfonamides is 1. The van der Waals surface area contributed by atoms with E-state index in [0.717, 1.165) is 60.9 Å². The van der Waals surface area contributed by atoms with Crippen LogP contribution in [-0.4, -0.2) is 49.8 Å². The number of carbonyl (C=O) groups is 1. The molecule has 2 aromatic carbocycles. The van der Waals surface area contributed by atoms with Gasteiger partial charge in [-0.15, -0.1) is 0 Å². The van der Waals surface area contributed by atoms with Crippen molar-refractivity contribution in [2.45, 2.75) is 43.5 Å². The minimum absolute atomic E-state index is 0.0758. The van der Waals surface area contributed by atoms with Crippen LogP contribution in [0.15, 0.2) is 65.6 Å². The lowest BCUT2D eigenvalue weighted by Crippen LogP contribution is -2.43. The lowest BCUT2D eigenvalue weighted by atomic mass is 9.97. The third kappa shape index (κ3) is 5.33. The summed E-state index contributed by atoms with van der Waals surface area (Å²) >= 11 is 0. The summed E-state index contributed by atoms with van der Waals surface area (Å²) in [5.41, 5.74) is 1.85. The van der Waals surface area contributed by atoms with Crippen LogP contribution in [0.25, 0.3) is 10.9 Å². The topological polar surface area (TPSA) is 82.6 Å². The molecule has 2 aliphatic heterocycles. The van der Waals surface area contributed by atoms with Crippen LogP contribution in [0.3, 0.4) is 0 Å². The average molecular weight is 493 g/mol. The van der Waals surface area contributed by atoms with Crippen molar-refractivity contribution in [3.63, 3.8) is 0 Å². The molecule has 184 valence electrons. The fraction of sp³-hybridized carbons (Fsp3) is 0.407. The number of rotatable bonds is 6. The maximum atomic E-state index is 13.0. The Labute approximate surface area is 207 Å². The molecule has 1 amide bonds. The second-order valence-electron chi connectivity index (χ2n) is 9.48. The number of hydrogen-bond donors (Lipinski definition) is 1. The smallest absolute Gasteiger partial charge is 0.243 e. The first-order valence-corrected chi connectivity index (χ1v) is 13.9. The first kappa shape index (κ1) is 23.8. The number of nitrogens with one attached hydrogen (secondary N) is 1. The Morgan fingerprint density at radius 1 is 0.943 bits per heavy atom. The summed E-state index contributed by atoms with van der Waals surface area (Å²) < 4.78 is 27.7. The van der Waals surface area contributed by atoms with Crippen LogP contribution in [0.4, 0.5) is 5.82 Å². The van der Waals surface area contributed by atoms with E-state index in [4.69, 9.17) is 4.98 Å². The summed E-state index contributed by atoms with van der Waals surface area (Å²) in [6.07, 6.45) is 4.71. The zero-order valence-corrected chi connectivity index (χ0v) is 20.7. The normalized spacial score (nSPS) is 19.5. The Kier molecular flexibility index (Phi) is 7.02. The Morgan fingerprint density at radius 2 is 1.74 bits per heavy atom. The average Bonchev–Trinajstić information content (AvgIpc) is 2.92. The third-order valence-electron chi connectivity index (χ3n) is 7.02. The molecule has 0 bridgehead atoms. The van der Waals surface area contributed by atoms with Crippen LogP contribution in [0, 0.1) is 5.92 Å². The number of hydrogen-bond acceptors (Lipinski definition) is 5. The molecule has 0 radical (unpaired) electrons. The molecular formula is C27H32N4O3S. The van der Waals surface area contributed by atoms with E-state index in [0.29, 0.717) is 31.1 Å². The zero-order valence-electron chi connectivity index (χ0n) is 19.9. The molecule has 3 heterocycles. The van der Waals surface area contributed by atoms with Crippen LogP contribution in [0.1, 0.15) is 37.7 Å². The van der Waals surface area contributed by atoms with Gasteiger partial charge in [0.05, 0.1) is 16.3 Å². The lowest BCUT2D eigenvalue weighted by molar-refractivity contribution is -0.125. The van der Waals surface area contributed by atoms with Gasteiger partial charge in [0, 0.05) is 38.1 Å². The highest BCUT2D eigenvalue weighted by Gasteiger charge is 2.28. The third-order valence-corrected chi connectivity index (χ3v) is 8.92. The summed E-state index contributed by atoms with van der Waals surface area (Å²) in [5, 5.41) is 3.88. The molecule has 2 aliphatic rings. The number of fused-ring (bicyclic) bond motifs is 1. The van der Waals surface area contributed by atoms with Crippen LogP contribution in [-0.2, 0) is 21.4 Å². The highest BCUT2D eigenvalue weighted by molar-refractivity contribution is 7.89. The molecule has 1 unspecified atom stereocenters. The van der Waals surface area contributed by atoms with E-state index in [9.17, 15) is 13.2 Å². The summed E-state index contributed by atoms with van der Waals surface area (Å²) in [4.78, 5) is 20.1. The number of nitrogens with zero attached hydrogens (tertiary/aromatic N) is 3. The number of amides is 1.